The number of hydrogen-bond donors (Lipinski definition) is 1. The van der Waals surface area contributed by atoms with Crippen LogP contribution in [0.5, 0.6) is 5.75 Å². The van der Waals surface area contributed by atoms with Gasteiger partial charge in [0.05, 0.1) is 7.11 Å². The minimum Gasteiger partial charge on any atom is -0.496 e. The highest BCUT2D eigenvalue weighted by atomic mass is 16.5. The van der Waals surface area contributed by atoms with Gasteiger partial charge in [0.1, 0.15) is 5.75 Å². The van der Waals surface area contributed by atoms with Crippen LogP contribution in [0.25, 0.3) is 0 Å². The summed E-state index contributed by atoms with van der Waals surface area (Å²) >= 11 is 0. The van der Waals surface area contributed by atoms with Gasteiger partial charge in [-0.2, -0.15) is 0 Å². The molecule has 0 atom stereocenters. The second kappa shape index (κ2) is 7.81. The lowest BCUT2D eigenvalue weighted by atomic mass is 10.1. The molecule has 1 aliphatic rings. The van der Waals surface area contributed by atoms with E-state index in [1.54, 1.807) is 7.11 Å². The van der Waals surface area contributed by atoms with E-state index in [1.165, 1.54) is 30.4 Å². The molecule has 1 N–H and O–H groups in total. The van der Waals surface area contributed by atoms with Crippen LogP contribution < -0.4 is 10.1 Å². The Balaban J connectivity index is 1.95. The summed E-state index contributed by atoms with van der Waals surface area (Å²) in [6, 6.07) is 7.32. The van der Waals surface area contributed by atoms with Crippen molar-refractivity contribution in [2.75, 3.05) is 20.7 Å². The van der Waals surface area contributed by atoms with E-state index >= 15 is 0 Å². The third-order valence-electron chi connectivity index (χ3n) is 4.05. The Hall–Kier alpha value is -1.06. The Morgan fingerprint density at radius 1 is 1.33 bits per heavy atom. The van der Waals surface area contributed by atoms with Crippen molar-refractivity contribution in [3.63, 3.8) is 0 Å². The van der Waals surface area contributed by atoms with Gasteiger partial charge in [-0.25, -0.2) is 0 Å². The Labute approximate surface area is 129 Å². The highest BCUT2D eigenvalue weighted by molar-refractivity contribution is 5.37. The SMILES string of the molecule is COc1ccc(CNC2CC2)cc1CN(C)CCC(C)C. The molecule has 1 aromatic rings. The topological polar surface area (TPSA) is 24.5 Å². The number of ether oxygens (including phenoxy) is 1. The molecule has 0 aliphatic heterocycles. The van der Waals surface area contributed by atoms with E-state index in [0.29, 0.717) is 0 Å². The largest absolute Gasteiger partial charge is 0.496 e. The van der Waals surface area contributed by atoms with Gasteiger partial charge in [-0.1, -0.05) is 19.9 Å². The quantitative estimate of drug-likeness (QED) is 0.754. The smallest absolute Gasteiger partial charge is 0.123 e. The van der Waals surface area contributed by atoms with E-state index in [0.717, 1.165) is 37.3 Å². The summed E-state index contributed by atoms with van der Waals surface area (Å²) in [4.78, 5) is 2.38. The third kappa shape index (κ3) is 5.68. The maximum Gasteiger partial charge on any atom is 0.123 e. The van der Waals surface area contributed by atoms with Crippen molar-refractivity contribution in [2.24, 2.45) is 5.92 Å². The summed E-state index contributed by atoms with van der Waals surface area (Å²) in [6.45, 7) is 7.60. The summed E-state index contributed by atoms with van der Waals surface area (Å²) in [6.07, 6.45) is 3.91. The molecular weight excluding hydrogens is 260 g/mol. The lowest BCUT2D eigenvalue weighted by Crippen LogP contribution is -2.21. The van der Waals surface area contributed by atoms with E-state index in [4.69, 9.17) is 4.74 Å². The van der Waals surface area contributed by atoms with Crippen LogP contribution in [0.4, 0.5) is 0 Å². The van der Waals surface area contributed by atoms with Crippen LogP contribution in [0.3, 0.4) is 0 Å². The first-order valence-corrected chi connectivity index (χ1v) is 8.16. The summed E-state index contributed by atoms with van der Waals surface area (Å²) in [5.74, 6) is 1.75. The standard InChI is InChI=1S/C18H30N2O/c1-14(2)9-10-20(3)13-16-11-15(5-8-18(16)21-4)12-19-17-6-7-17/h5,8,11,14,17,19H,6-7,9-10,12-13H2,1-4H3. The third-order valence-corrected chi connectivity index (χ3v) is 4.05. The summed E-state index contributed by atoms with van der Waals surface area (Å²) < 4.78 is 5.52. The molecule has 0 heterocycles. The van der Waals surface area contributed by atoms with Gasteiger partial charge in [0.15, 0.2) is 0 Å². The maximum absolute atomic E-state index is 5.52. The number of hydrogen-bond acceptors (Lipinski definition) is 3. The number of benzene rings is 1. The first-order chi connectivity index (χ1) is 10.1. The molecule has 2 rings (SSSR count). The summed E-state index contributed by atoms with van der Waals surface area (Å²) in [5.41, 5.74) is 2.65. The molecule has 0 amide bonds. The monoisotopic (exact) mass is 290 g/mol. The Bertz CT molecular complexity index is 441. The van der Waals surface area contributed by atoms with E-state index in [9.17, 15) is 0 Å². The molecular formula is C18H30N2O. The van der Waals surface area contributed by atoms with Gasteiger partial charge in [-0.15, -0.1) is 0 Å². The molecule has 1 aliphatic carbocycles. The highest BCUT2D eigenvalue weighted by Crippen LogP contribution is 2.23. The van der Waals surface area contributed by atoms with Crippen molar-refractivity contribution < 1.29 is 4.74 Å². The minimum atomic E-state index is 0.753. The number of nitrogens with zero attached hydrogens (tertiary/aromatic N) is 1. The first-order valence-electron chi connectivity index (χ1n) is 8.16. The maximum atomic E-state index is 5.52. The summed E-state index contributed by atoms with van der Waals surface area (Å²) in [5, 5.41) is 3.58. The van der Waals surface area contributed by atoms with Gasteiger partial charge < -0.3 is 15.0 Å². The average molecular weight is 290 g/mol. The second-order valence-electron chi connectivity index (χ2n) is 6.72. The van der Waals surface area contributed by atoms with E-state index in [2.05, 4.69) is 49.3 Å². The van der Waals surface area contributed by atoms with Crippen molar-refractivity contribution in [1.82, 2.24) is 10.2 Å². The van der Waals surface area contributed by atoms with Crippen molar-refractivity contribution >= 4 is 0 Å². The predicted octanol–water partition coefficient (Wildman–Crippen LogP) is 3.43. The van der Waals surface area contributed by atoms with Crippen LogP contribution >= 0.6 is 0 Å². The van der Waals surface area contributed by atoms with E-state index in [1.807, 2.05) is 0 Å². The van der Waals surface area contributed by atoms with Crippen LogP contribution in [0.2, 0.25) is 0 Å². The Morgan fingerprint density at radius 2 is 2.10 bits per heavy atom. The van der Waals surface area contributed by atoms with Crippen LogP contribution in [0, 0.1) is 5.92 Å². The second-order valence-corrected chi connectivity index (χ2v) is 6.72. The average Bonchev–Trinajstić information content (AvgIpc) is 3.27. The molecule has 1 fully saturated rings. The molecule has 0 aromatic heterocycles. The molecule has 0 bridgehead atoms. The van der Waals surface area contributed by atoms with Crippen molar-refractivity contribution in [2.45, 2.75) is 52.2 Å². The van der Waals surface area contributed by atoms with Gasteiger partial charge in [-0.05, 0) is 56.5 Å². The Kier molecular flexibility index (Phi) is 6.07. The molecule has 0 radical (unpaired) electrons. The molecule has 0 spiro atoms. The Morgan fingerprint density at radius 3 is 2.71 bits per heavy atom. The number of rotatable bonds is 9. The number of nitrogens with one attached hydrogen (secondary N) is 1. The van der Waals surface area contributed by atoms with Gasteiger partial charge in [0, 0.05) is 24.7 Å². The fourth-order valence-corrected chi connectivity index (χ4v) is 2.46. The normalized spacial score (nSPS) is 15.0. The molecule has 118 valence electrons. The molecule has 1 aromatic carbocycles. The molecule has 1 saturated carbocycles. The van der Waals surface area contributed by atoms with Gasteiger partial charge >= 0.3 is 0 Å². The predicted molar refractivity (Wildman–Crippen MR) is 88.6 cm³/mol. The zero-order valence-corrected chi connectivity index (χ0v) is 14.0. The van der Waals surface area contributed by atoms with Crippen molar-refractivity contribution in [3.05, 3.63) is 29.3 Å². The van der Waals surface area contributed by atoms with E-state index in [-0.39, 0.29) is 0 Å². The molecule has 3 nitrogen and oxygen atoms in total. The van der Waals surface area contributed by atoms with Gasteiger partial charge in [-0.3, -0.25) is 0 Å². The fraction of sp³-hybridized carbons (Fsp3) is 0.667. The van der Waals surface area contributed by atoms with Crippen molar-refractivity contribution in [1.29, 1.82) is 0 Å². The van der Waals surface area contributed by atoms with Crippen LogP contribution in [-0.2, 0) is 13.1 Å². The number of methoxy groups -OCH3 is 1. The van der Waals surface area contributed by atoms with Crippen molar-refractivity contribution in [3.8, 4) is 5.75 Å². The molecule has 0 saturated heterocycles. The molecule has 0 unspecified atom stereocenters. The highest BCUT2D eigenvalue weighted by Gasteiger charge is 2.20. The molecule has 3 heteroatoms. The van der Waals surface area contributed by atoms with E-state index < -0.39 is 0 Å². The zero-order chi connectivity index (χ0) is 15.2. The van der Waals surface area contributed by atoms with Crippen LogP contribution in [0.15, 0.2) is 18.2 Å². The van der Waals surface area contributed by atoms with Gasteiger partial charge in [0.25, 0.3) is 0 Å². The van der Waals surface area contributed by atoms with Crippen LogP contribution in [-0.4, -0.2) is 31.6 Å². The lowest BCUT2D eigenvalue weighted by molar-refractivity contribution is 0.297. The van der Waals surface area contributed by atoms with Crippen LogP contribution in [0.1, 0.15) is 44.2 Å². The zero-order valence-electron chi connectivity index (χ0n) is 14.0. The minimum absolute atomic E-state index is 0.753. The molecule has 21 heavy (non-hydrogen) atoms. The fourth-order valence-electron chi connectivity index (χ4n) is 2.46. The summed E-state index contributed by atoms with van der Waals surface area (Å²) in [7, 11) is 3.95. The first kappa shape index (κ1) is 16.3. The van der Waals surface area contributed by atoms with Gasteiger partial charge in [0.2, 0.25) is 0 Å². The lowest BCUT2D eigenvalue weighted by Gasteiger charge is -2.20.